The van der Waals surface area contributed by atoms with Gasteiger partial charge in [0.15, 0.2) is 0 Å². The minimum atomic E-state index is 0.0729. The molecular weight excluding hydrogens is 176 g/mol. The predicted octanol–water partition coefficient (Wildman–Crippen LogP) is 2.74. The summed E-state index contributed by atoms with van der Waals surface area (Å²) in [6.45, 7) is 6.76. The Morgan fingerprint density at radius 2 is 2.14 bits per heavy atom. The first-order valence-electron chi connectivity index (χ1n) is 5.86. The first-order chi connectivity index (χ1) is 6.59. The molecule has 0 aromatic heterocycles. The third-order valence-electron chi connectivity index (χ3n) is 3.28. The van der Waals surface area contributed by atoms with E-state index in [1.807, 2.05) is 0 Å². The fourth-order valence-electron chi connectivity index (χ4n) is 2.43. The van der Waals surface area contributed by atoms with Crippen LogP contribution < -0.4 is 0 Å². The van der Waals surface area contributed by atoms with Crippen molar-refractivity contribution in [2.75, 3.05) is 6.61 Å². The molecule has 0 aliphatic carbocycles. The van der Waals surface area contributed by atoms with Crippen LogP contribution >= 0.6 is 0 Å². The first-order valence-corrected chi connectivity index (χ1v) is 5.86. The average Bonchev–Trinajstić information content (AvgIpc) is 2.51. The Labute approximate surface area is 87.7 Å². The van der Waals surface area contributed by atoms with Crippen molar-refractivity contribution in [1.29, 1.82) is 0 Å². The van der Waals surface area contributed by atoms with E-state index in [0.717, 1.165) is 19.3 Å². The largest absolute Gasteiger partial charge is 0.396 e. The molecule has 14 heavy (non-hydrogen) atoms. The number of ether oxygens (including phenoxy) is 1. The van der Waals surface area contributed by atoms with Gasteiger partial charge in [0.1, 0.15) is 0 Å². The molecule has 0 aromatic rings. The molecule has 1 rings (SSSR count). The summed E-state index contributed by atoms with van der Waals surface area (Å²) in [5, 5.41) is 9.39. The fraction of sp³-hybridized carbons (Fsp3) is 1.00. The predicted molar refractivity (Wildman–Crippen MR) is 58.3 cm³/mol. The molecule has 0 radical (unpaired) electrons. The Balaban J connectivity index is 2.39. The van der Waals surface area contributed by atoms with Crippen LogP contribution in [0.2, 0.25) is 0 Å². The van der Waals surface area contributed by atoms with Gasteiger partial charge in [-0.3, -0.25) is 0 Å². The Bertz CT molecular complexity index is 170. The molecule has 2 heteroatoms. The van der Waals surface area contributed by atoms with E-state index in [1.165, 1.54) is 12.8 Å². The summed E-state index contributed by atoms with van der Waals surface area (Å²) in [6.07, 6.45) is 6.40. The van der Waals surface area contributed by atoms with Gasteiger partial charge in [0, 0.05) is 6.61 Å². The first kappa shape index (κ1) is 12.0. The molecule has 1 aliphatic rings. The van der Waals surface area contributed by atoms with Crippen LogP contribution in [0, 0.1) is 5.41 Å². The van der Waals surface area contributed by atoms with Gasteiger partial charge >= 0.3 is 0 Å². The number of aliphatic hydroxyl groups is 1. The molecule has 1 fully saturated rings. The Kier molecular flexibility index (Phi) is 4.39. The highest BCUT2D eigenvalue weighted by Gasteiger charge is 2.31. The van der Waals surface area contributed by atoms with Gasteiger partial charge in [-0.25, -0.2) is 0 Å². The summed E-state index contributed by atoms with van der Waals surface area (Å²) in [6, 6.07) is 0. The summed E-state index contributed by atoms with van der Waals surface area (Å²) < 4.78 is 5.79. The molecule has 0 spiro atoms. The number of rotatable bonds is 5. The lowest BCUT2D eigenvalue weighted by molar-refractivity contribution is 0.00636. The van der Waals surface area contributed by atoms with Crippen LogP contribution in [-0.2, 0) is 4.74 Å². The highest BCUT2D eigenvalue weighted by molar-refractivity contribution is 4.81. The van der Waals surface area contributed by atoms with Gasteiger partial charge in [-0.15, -0.1) is 0 Å². The minimum Gasteiger partial charge on any atom is -0.396 e. The summed E-state index contributed by atoms with van der Waals surface area (Å²) in [4.78, 5) is 0. The van der Waals surface area contributed by atoms with E-state index in [9.17, 15) is 5.11 Å². The maximum Gasteiger partial charge on any atom is 0.0585 e. The Morgan fingerprint density at radius 1 is 1.43 bits per heavy atom. The summed E-state index contributed by atoms with van der Waals surface area (Å²) >= 11 is 0. The molecule has 0 bridgehead atoms. The van der Waals surface area contributed by atoms with Crippen LogP contribution in [-0.4, -0.2) is 23.9 Å². The second-order valence-electron chi connectivity index (χ2n) is 5.07. The smallest absolute Gasteiger partial charge is 0.0585 e. The van der Waals surface area contributed by atoms with Crippen molar-refractivity contribution in [2.45, 2.75) is 65.1 Å². The van der Waals surface area contributed by atoms with E-state index in [2.05, 4.69) is 20.8 Å². The highest BCUT2D eigenvalue weighted by atomic mass is 16.5. The van der Waals surface area contributed by atoms with Crippen molar-refractivity contribution in [3.05, 3.63) is 0 Å². The lowest BCUT2D eigenvalue weighted by Crippen LogP contribution is -2.27. The number of hydrogen-bond acceptors (Lipinski definition) is 2. The molecule has 2 nitrogen and oxygen atoms in total. The molecule has 0 aromatic carbocycles. The number of aliphatic hydroxyl groups excluding tert-OH is 1. The number of hydrogen-bond donors (Lipinski definition) is 1. The lowest BCUT2D eigenvalue weighted by atomic mass is 9.80. The van der Waals surface area contributed by atoms with Crippen molar-refractivity contribution in [1.82, 2.24) is 0 Å². The van der Waals surface area contributed by atoms with Crippen LogP contribution in [0.5, 0.6) is 0 Å². The second-order valence-corrected chi connectivity index (χ2v) is 5.07. The van der Waals surface area contributed by atoms with Crippen LogP contribution in [0.15, 0.2) is 0 Å². The summed E-state index contributed by atoms with van der Waals surface area (Å²) in [5.41, 5.74) is 0.0729. The van der Waals surface area contributed by atoms with Crippen molar-refractivity contribution in [2.24, 2.45) is 5.41 Å². The van der Waals surface area contributed by atoms with E-state index < -0.39 is 0 Å². The van der Waals surface area contributed by atoms with Crippen molar-refractivity contribution in [3.63, 3.8) is 0 Å². The molecule has 0 saturated carbocycles. The van der Waals surface area contributed by atoms with Gasteiger partial charge in [-0.05, 0) is 38.0 Å². The standard InChI is InChI=1S/C12H24O2/c1-4-7-12(3,9-13)8-11-6-5-10(2)14-11/h10-11,13H,4-9H2,1-3H3. The van der Waals surface area contributed by atoms with Crippen molar-refractivity contribution >= 4 is 0 Å². The lowest BCUT2D eigenvalue weighted by Gasteiger charge is -2.29. The normalized spacial score (nSPS) is 31.7. The maximum atomic E-state index is 9.39. The van der Waals surface area contributed by atoms with Crippen LogP contribution in [0.1, 0.15) is 52.9 Å². The zero-order chi connectivity index (χ0) is 10.6. The molecule has 1 heterocycles. The Morgan fingerprint density at radius 3 is 2.57 bits per heavy atom. The van der Waals surface area contributed by atoms with Crippen LogP contribution in [0.4, 0.5) is 0 Å². The van der Waals surface area contributed by atoms with Gasteiger partial charge in [0.25, 0.3) is 0 Å². The van der Waals surface area contributed by atoms with E-state index in [1.54, 1.807) is 0 Å². The highest BCUT2D eigenvalue weighted by Crippen LogP contribution is 2.34. The van der Waals surface area contributed by atoms with Gasteiger partial charge in [0.2, 0.25) is 0 Å². The second kappa shape index (κ2) is 5.13. The Hall–Kier alpha value is -0.0800. The molecule has 1 saturated heterocycles. The van der Waals surface area contributed by atoms with Gasteiger partial charge in [-0.1, -0.05) is 20.3 Å². The monoisotopic (exact) mass is 200 g/mol. The third kappa shape index (κ3) is 3.25. The van der Waals surface area contributed by atoms with Crippen LogP contribution in [0.25, 0.3) is 0 Å². The molecule has 3 unspecified atom stereocenters. The van der Waals surface area contributed by atoms with E-state index in [0.29, 0.717) is 12.2 Å². The van der Waals surface area contributed by atoms with Crippen LogP contribution in [0.3, 0.4) is 0 Å². The molecular formula is C12H24O2. The minimum absolute atomic E-state index is 0.0729. The third-order valence-corrected chi connectivity index (χ3v) is 3.28. The average molecular weight is 200 g/mol. The van der Waals surface area contributed by atoms with Gasteiger partial charge in [-0.2, -0.15) is 0 Å². The zero-order valence-corrected chi connectivity index (χ0v) is 9.75. The fourth-order valence-corrected chi connectivity index (χ4v) is 2.43. The summed E-state index contributed by atoms with van der Waals surface area (Å²) in [5.74, 6) is 0. The quantitative estimate of drug-likeness (QED) is 0.739. The van der Waals surface area contributed by atoms with E-state index in [-0.39, 0.29) is 12.0 Å². The maximum absolute atomic E-state index is 9.39. The molecule has 3 atom stereocenters. The van der Waals surface area contributed by atoms with Crippen molar-refractivity contribution in [3.8, 4) is 0 Å². The van der Waals surface area contributed by atoms with E-state index in [4.69, 9.17) is 4.74 Å². The van der Waals surface area contributed by atoms with Gasteiger partial charge in [0.05, 0.1) is 12.2 Å². The molecule has 1 N–H and O–H groups in total. The van der Waals surface area contributed by atoms with Crippen molar-refractivity contribution < 1.29 is 9.84 Å². The topological polar surface area (TPSA) is 29.5 Å². The molecule has 1 aliphatic heterocycles. The van der Waals surface area contributed by atoms with E-state index >= 15 is 0 Å². The van der Waals surface area contributed by atoms with Gasteiger partial charge < -0.3 is 9.84 Å². The SMILES string of the molecule is CCCC(C)(CO)CC1CCC(C)O1. The molecule has 0 amide bonds. The summed E-state index contributed by atoms with van der Waals surface area (Å²) in [7, 11) is 0. The molecule has 84 valence electrons. The zero-order valence-electron chi connectivity index (χ0n) is 9.75.